The molecule has 0 amide bonds. The highest BCUT2D eigenvalue weighted by Crippen LogP contribution is 2.32. The highest BCUT2D eigenvalue weighted by atomic mass is 19.4. The monoisotopic (exact) mass is 589 g/mol. The van der Waals surface area contributed by atoms with Crippen molar-refractivity contribution in [1.29, 1.82) is 0 Å². The molecule has 1 aliphatic carbocycles. The van der Waals surface area contributed by atoms with E-state index in [1.807, 2.05) is 11.6 Å². The van der Waals surface area contributed by atoms with Gasteiger partial charge in [0.05, 0.1) is 23.8 Å². The molecule has 10 heteroatoms. The number of benzene rings is 1. The number of H-pyrrole nitrogens is 1. The summed E-state index contributed by atoms with van der Waals surface area (Å²) in [4.78, 5) is 20.5. The van der Waals surface area contributed by atoms with Crippen molar-refractivity contribution in [3.05, 3.63) is 52.2 Å². The van der Waals surface area contributed by atoms with Crippen LogP contribution in [0.2, 0.25) is 0 Å². The minimum absolute atomic E-state index is 0.202. The van der Waals surface area contributed by atoms with Gasteiger partial charge in [-0.05, 0) is 50.8 Å². The summed E-state index contributed by atoms with van der Waals surface area (Å²) in [5.41, 5.74) is -0.350. The Kier molecular flexibility index (Phi) is 11.9. The summed E-state index contributed by atoms with van der Waals surface area (Å²) >= 11 is 0. The lowest BCUT2D eigenvalue weighted by molar-refractivity contribution is -0.137. The van der Waals surface area contributed by atoms with E-state index in [2.05, 4.69) is 22.3 Å². The normalized spacial score (nSPS) is 15.8. The van der Waals surface area contributed by atoms with Gasteiger partial charge < -0.3 is 15.0 Å². The van der Waals surface area contributed by atoms with Crippen LogP contribution in [0.25, 0.3) is 11.0 Å². The van der Waals surface area contributed by atoms with Crippen LogP contribution in [0, 0.1) is 0 Å². The van der Waals surface area contributed by atoms with Crippen LogP contribution < -0.4 is 15.6 Å². The quantitative estimate of drug-likeness (QED) is 0.155. The van der Waals surface area contributed by atoms with Gasteiger partial charge in [-0.1, -0.05) is 77.2 Å². The number of aromatic nitrogens is 4. The Balaban J connectivity index is 1.39. The summed E-state index contributed by atoms with van der Waals surface area (Å²) in [6.45, 7) is 4.53. The van der Waals surface area contributed by atoms with Crippen molar-refractivity contribution in [3.63, 3.8) is 0 Å². The molecule has 1 saturated carbocycles. The zero-order valence-electron chi connectivity index (χ0n) is 25.0. The summed E-state index contributed by atoms with van der Waals surface area (Å²) in [6.07, 6.45) is 12.6. The Bertz CT molecular complexity index is 1300. The number of rotatable bonds is 17. The third kappa shape index (κ3) is 9.06. The summed E-state index contributed by atoms with van der Waals surface area (Å²) in [7, 11) is 0. The molecule has 1 fully saturated rings. The van der Waals surface area contributed by atoms with Gasteiger partial charge in [0, 0.05) is 6.54 Å². The number of unbranched alkanes of at least 4 members (excludes halogenated alkanes) is 8. The maximum Gasteiger partial charge on any atom is 0.416 e. The van der Waals surface area contributed by atoms with Crippen LogP contribution in [0.1, 0.15) is 127 Å². The fourth-order valence-corrected chi connectivity index (χ4v) is 5.80. The van der Waals surface area contributed by atoms with Crippen LogP contribution in [0.15, 0.2) is 35.3 Å². The Labute approximate surface area is 246 Å². The lowest BCUT2D eigenvalue weighted by atomic mass is 10.0. The van der Waals surface area contributed by atoms with Gasteiger partial charge in [-0.25, -0.2) is 9.67 Å². The Morgan fingerprint density at radius 3 is 2.45 bits per heavy atom. The van der Waals surface area contributed by atoms with Gasteiger partial charge in [0.2, 0.25) is 0 Å². The maximum absolute atomic E-state index is 13.3. The number of halogens is 3. The molecule has 232 valence electrons. The third-order valence-electron chi connectivity index (χ3n) is 8.31. The van der Waals surface area contributed by atoms with Crippen molar-refractivity contribution in [1.82, 2.24) is 25.1 Å². The average Bonchev–Trinajstić information content (AvgIpc) is 3.65. The van der Waals surface area contributed by atoms with Gasteiger partial charge in [-0.15, -0.1) is 0 Å². The largest absolute Gasteiger partial charge is 0.489 e. The molecule has 1 unspecified atom stereocenters. The number of alkyl halides is 3. The summed E-state index contributed by atoms with van der Waals surface area (Å²) < 4.78 is 47.9. The lowest BCUT2D eigenvalue weighted by Gasteiger charge is -2.23. The Hall–Kier alpha value is -2.88. The smallest absolute Gasteiger partial charge is 0.416 e. The van der Waals surface area contributed by atoms with E-state index in [0.717, 1.165) is 57.1 Å². The van der Waals surface area contributed by atoms with E-state index < -0.39 is 11.7 Å². The zero-order valence-corrected chi connectivity index (χ0v) is 25.0. The second kappa shape index (κ2) is 15.5. The van der Waals surface area contributed by atoms with Gasteiger partial charge in [0.25, 0.3) is 5.56 Å². The van der Waals surface area contributed by atoms with E-state index in [1.54, 1.807) is 12.3 Å². The van der Waals surface area contributed by atoms with E-state index >= 15 is 0 Å². The molecule has 7 nitrogen and oxygen atoms in total. The topological polar surface area (TPSA) is 84.8 Å². The fraction of sp³-hybridized carbons (Fsp3) is 0.656. The highest BCUT2D eigenvalue weighted by molar-refractivity contribution is 5.73. The number of fused-ring (bicyclic) bond motifs is 1. The predicted molar refractivity (Wildman–Crippen MR) is 160 cm³/mol. The molecule has 2 N–H and O–H groups in total. The van der Waals surface area contributed by atoms with Crippen molar-refractivity contribution >= 4 is 11.0 Å². The SMILES string of the molecule is CCCCCCCCCCCC(CN[C@H](C)c1nc2c(cnn2C2CCCC2)c(=O)[nH]1)Oc1cccc(C(F)(F)F)c1. The van der Waals surface area contributed by atoms with Crippen LogP contribution in [-0.2, 0) is 6.18 Å². The first-order valence-corrected chi connectivity index (χ1v) is 15.8. The van der Waals surface area contributed by atoms with Crippen LogP contribution in [0.5, 0.6) is 5.75 Å². The second-order valence-corrected chi connectivity index (χ2v) is 11.7. The Morgan fingerprint density at radius 2 is 1.76 bits per heavy atom. The Morgan fingerprint density at radius 1 is 1.07 bits per heavy atom. The van der Waals surface area contributed by atoms with Crippen molar-refractivity contribution in [2.45, 2.75) is 128 Å². The van der Waals surface area contributed by atoms with Crippen LogP contribution in [0.3, 0.4) is 0 Å². The molecule has 42 heavy (non-hydrogen) atoms. The molecule has 4 rings (SSSR count). The van der Waals surface area contributed by atoms with Crippen LogP contribution in [0.4, 0.5) is 13.2 Å². The summed E-state index contributed by atoms with van der Waals surface area (Å²) in [5, 5.41) is 8.36. The van der Waals surface area contributed by atoms with Crippen molar-refractivity contribution in [3.8, 4) is 5.75 Å². The first kappa shape index (κ1) is 32.0. The van der Waals surface area contributed by atoms with Crippen molar-refractivity contribution in [2.24, 2.45) is 0 Å². The molecule has 2 aromatic heterocycles. The molecular weight excluding hydrogens is 543 g/mol. The number of hydrogen-bond donors (Lipinski definition) is 2. The fourth-order valence-electron chi connectivity index (χ4n) is 5.80. The average molecular weight is 590 g/mol. The highest BCUT2D eigenvalue weighted by Gasteiger charge is 2.31. The molecule has 0 aliphatic heterocycles. The molecule has 0 saturated heterocycles. The number of nitrogens with zero attached hydrogens (tertiary/aromatic N) is 3. The van der Waals surface area contributed by atoms with Crippen molar-refractivity contribution in [2.75, 3.05) is 6.54 Å². The molecule has 0 radical (unpaired) electrons. The molecule has 0 spiro atoms. The van der Waals surface area contributed by atoms with Gasteiger partial charge in [-0.3, -0.25) is 4.79 Å². The van der Waals surface area contributed by atoms with Crippen LogP contribution in [-0.4, -0.2) is 32.4 Å². The third-order valence-corrected chi connectivity index (χ3v) is 8.31. The second-order valence-electron chi connectivity index (χ2n) is 11.7. The molecule has 2 heterocycles. The molecule has 1 aromatic carbocycles. The zero-order chi connectivity index (χ0) is 30.0. The number of hydrogen-bond acceptors (Lipinski definition) is 5. The van der Waals surface area contributed by atoms with E-state index in [0.29, 0.717) is 29.8 Å². The van der Waals surface area contributed by atoms with E-state index in [9.17, 15) is 18.0 Å². The van der Waals surface area contributed by atoms with Gasteiger partial charge in [0.15, 0.2) is 5.65 Å². The van der Waals surface area contributed by atoms with E-state index in [-0.39, 0.29) is 29.5 Å². The molecule has 1 aliphatic rings. The van der Waals surface area contributed by atoms with Gasteiger partial charge >= 0.3 is 6.18 Å². The molecular formula is C32H46F3N5O2. The number of nitrogens with one attached hydrogen (secondary N) is 2. The minimum Gasteiger partial charge on any atom is -0.489 e. The van der Waals surface area contributed by atoms with E-state index in [1.165, 1.54) is 44.6 Å². The summed E-state index contributed by atoms with van der Waals surface area (Å²) in [6, 6.07) is 5.01. The first-order valence-electron chi connectivity index (χ1n) is 15.8. The number of ether oxygens (including phenoxy) is 1. The van der Waals surface area contributed by atoms with Gasteiger partial charge in [-0.2, -0.15) is 18.3 Å². The summed E-state index contributed by atoms with van der Waals surface area (Å²) in [5.74, 6) is 0.710. The van der Waals surface area contributed by atoms with Gasteiger partial charge in [0.1, 0.15) is 23.1 Å². The van der Waals surface area contributed by atoms with Crippen LogP contribution >= 0.6 is 0 Å². The lowest BCUT2D eigenvalue weighted by Crippen LogP contribution is -2.34. The molecule has 3 aromatic rings. The minimum atomic E-state index is -4.43. The maximum atomic E-state index is 13.3. The van der Waals surface area contributed by atoms with Crippen molar-refractivity contribution < 1.29 is 17.9 Å². The van der Waals surface area contributed by atoms with E-state index in [4.69, 9.17) is 9.72 Å². The molecule has 2 atom stereocenters. The predicted octanol–water partition coefficient (Wildman–Crippen LogP) is 8.27. The molecule has 0 bridgehead atoms. The first-order chi connectivity index (χ1) is 20.3. The number of aromatic amines is 1. The standard InChI is InChI=1S/C32H46F3N5O2/c1-3-4-5-6-7-8-9-10-11-18-27(42-26-19-14-15-24(20-26)32(33,34)35)21-36-23(2)29-38-30-28(31(41)39-29)22-37-40(30)25-16-12-13-17-25/h14-15,19-20,22-23,25,27,36H,3-13,16-18,21H2,1-2H3,(H,38,39,41)/t23-,27?/m1/s1.